The third-order valence-electron chi connectivity index (χ3n) is 5.17. The number of aryl methyl sites for hydroxylation is 2. The first-order valence-corrected chi connectivity index (χ1v) is 9.39. The molecule has 0 unspecified atom stereocenters. The van der Waals surface area contributed by atoms with E-state index in [9.17, 15) is 4.79 Å². The highest BCUT2D eigenvalue weighted by atomic mass is 16.5. The normalized spacial score (nSPS) is 11.8. The number of ether oxygens (including phenoxy) is 1. The zero-order valence-electron chi connectivity index (χ0n) is 16.9. The molecule has 1 amide bonds. The topological polar surface area (TPSA) is 64.4 Å². The molecule has 4 rings (SSSR count). The third-order valence-corrected chi connectivity index (χ3v) is 5.17. The van der Waals surface area contributed by atoms with Crippen LogP contribution in [0.4, 0.5) is 5.69 Å². The predicted octanol–water partition coefficient (Wildman–Crippen LogP) is 5.65. The second-order valence-corrected chi connectivity index (χ2v) is 7.02. The Balaban J connectivity index is 1.69. The summed E-state index contributed by atoms with van der Waals surface area (Å²) in [5.74, 6) is 1.34. The molecule has 0 bridgehead atoms. The van der Waals surface area contributed by atoms with Gasteiger partial charge in [0.15, 0.2) is 0 Å². The lowest BCUT2D eigenvalue weighted by Crippen LogP contribution is -2.09. The number of amides is 1. The van der Waals surface area contributed by atoms with E-state index >= 15 is 0 Å². The summed E-state index contributed by atoms with van der Waals surface area (Å²) in [6, 6.07) is 13.3. The Morgan fingerprint density at radius 3 is 2.76 bits per heavy atom. The summed E-state index contributed by atoms with van der Waals surface area (Å²) in [6.45, 7) is 5.87. The Hall–Kier alpha value is -3.60. The van der Waals surface area contributed by atoms with E-state index in [0.717, 1.165) is 50.0 Å². The van der Waals surface area contributed by atoms with Gasteiger partial charge in [-0.2, -0.15) is 0 Å². The second kappa shape index (κ2) is 7.43. The number of hydrogen-bond donors (Lipinski definition) is 1. The van der Waals surface area contributed by atoms with Gasteiger partial charge >= 0.3 is 0 Å². The number of rotatable bonds is 4. The summed E-state index contributed by atoms with van der Waals surface area (Å²) in [7, 11) is 1.61. The van der Waals surface area contributed by atoms with Gasteiger partial charge in [0.05, 0.1) is 18.3 Å². The average molecular weight is 386 g/mol. The zero-order valence-corrected chi connectivity index (χ0v) is 16.9. The Kier molecular flexibility index (Phi) is 4.80. The van der Waals surface area contributed by atoms with Crippen LogP contribution >= 0.6 is 0 Å². The summed E-state index contributed by atoms with van der Waals surface area (Å²) >= 11 is 0. The maximum absolute atomic E-state index is 12.7. The van der Waals surface area contributed by atoms with Gasteiger partial charge in [-0.05, 0) is 62.2 Å². The van der Waals surface area contributed by atoms with Crippen LogP contribution in [-0.4, -0.2) is 18.0 Å². The quantitative estimate of drug-likeness (QED) is 0.460. The van der Waals surface area contributed by atoms with Crippen LogP contribution in [0, 0.1) is 13.8 Å². The first-order valence-electron chi connectivity index (χ1n) is 9.39. The predicted molar refractivity (Wildman–Crippen MR) is 116 cm³/mol. The molecule has 4 aromatic rings. The molecule has 0 aliphatic carbocycles. The van der Waals surface area contributed by atoms with Gasteiger partial charge in [-0.15, -0.1) is 0 Å². The van der Waals surface area contributed by atoms with Crippen LogP contribution in [0.15, 0.2) is 59.2 Å². The number of furan rings is 1. The number of nitrogens with one attached hydrogen (secondary N) is 1. The van der Waals surface area contributed by atoms with E-state index in [1.54, 1.807) is 19.4 Å². The third kappa shape index (κ3) is 3.47. The molecular weight excluding hydrogens is 364 g/mol. The minimum absolute atomic E-state index is 0.207. The smallest absolute Gasteiger partial charge is 0.248 e. The summed E-state index contributed by atoms with van der Waals surface area (Å²) in [6.07, 6.45) is 3.32. The largest absolute Gasteiger partial charge is 0.496 e. The molecule has 5 heteroatoms. The van der Waals surface area contributed by atoms with Gasteiger partial charge < -0.3 is 14.5 Å². The van der Waals surface area contributed by atoms with Crippen LogP contribution in [0.5, 0.6) is 5.75 Å². The van der Waals surface area contributed by atoms with Crippen molar-refractivity contribution in [1.82, 2.24) is 4.98 Å². The molecule has 0 radical (unpaired) electrons. The molecule has 29 heavy (non-hydrogen) atoms. The zero-order chi connectivity index (χ0) is 20.5. The number of anilines is 1. The van der Waals surface area contributed by atoms with Crippen molar-refractivity contribution < 1.29 is 13.9 Å². The standard InChI is InChI=1S/C24H22N2O3/c1-14(18-12-19-15(2)16(3)29-23(19)13-22(18)28-4)11-24(27)26-21-9-5-8-20-17(21)7-6-10-25-20/h5-13H,1-4H3,(H,26,27)/b14-11+. The van der Waals surface area contributed by atoms with E-state index in [2.05, 4.69) is 10.3 Å². The fraction of sp³-hybridized carbons (Fsp3) is 0.167. The van der Waals surface area contributed by atoms with Crippen LogP contribution in [0.2, 0.25) is 0 Å². The van der Waals surface area contributed by atoms with Crippen molar-refractivity contribution in [3.8, 4) is 5.75 Å². The lowest BCUT2D eigenvalue weighted by atomic mass is 10.0. The lowest BCUT2D eigenvalue weighted by Gasteiger charge is -2.10. The highest BCUT2D eigenvalue weighted by Crippen LogP contribution is 2.34. The molecule has 0 atom stereocenters. The van der Waals surface area contributed by atoms with Gasteiger partial charge in [-0.1, -0.05) is 6.07 Å². The van der Waals surface area contributed by atoms with Crippen molar-refractivity contribution >= 4 is 39.0 Å². The average Bonchev–Trinajstić information content (AvgIpc) is 3.00. The first kappa shape index (κ1) is 18.7. The van der Waals surface area contributed by atoms with E-state index in [4.69, 9.17) is 9.15 Å². The molecule has 0 saturated carbocycles. The number of nitrogens with zero attached hydrogens (tertiary/aromatic N) is 1. The number of fused-ring (bicyclic) bond motifs is 2. The lowest BCUT2D eigenvalue weighted by molar-refractivity contribution is -0.111. The fourth-order valence-corrected chi connectivity index (χ4v) is 3.50. The summed E-state index contributed by atoms with van der Waals surface area (Å²) in [5.41, 5.74) is 5.10. The first-order chi connectivity index (χ1) is 14.0. The molecule has 2 aromatic heterocycles. The van der Waals surface area contributed by atoms with E-state index in [0.29, 0.717) is 5.75 Å². The van der Waals surface area contributed by atoms with Crippen molar-refractivity contribution in [1.29, 1.82) is 0 Å². The Morgan fingerprint density at radius 1 is 1.14 bits per heavy atom. The van der Waals surface area contributed by atoms with Gasteiger partial charge in [0, 0.05) is 34.7 Å². The van der Waals surface area contributed by atoms with Crippen molar-refractivity contribution in [2.75, 3.05) is 12.4 Å². The maximum Gasteiger partial charge on any atom is 0.248 e. The van der Waals surface area contributed by atoms with Crippen molar-refractivity contribution in [3.63, 3.8) is 0 Å². The molecule has 0 fully saturated rings. The molecule has 0 aliphatic rings. The van der Waals surface area contributed by atoms with Crippen LogP contribution in [0.3, 0.4) is 0 Å². The number of benzene rings is 2. The highest BCUT2D eigenvalue weighted by molar-refractivity contribution is 6.08. The van der Waals surface area contributed by atoms with Crippen LogP contribution in [0.25, 0.3) is 27.4 Å². The van der Waals surface area contributed by atoms with Crippen molar-refractivity contribution in [2.24, 2.45) is 0 Å². The van der Waals surface area contributed by atoms with Crippen molar-refractivity contribution in [3.05, 3.63) is 71.6 Å². The monoisotopic (exact) mass is 386 g/mol. The molecule has 5 nitrogen and oxygen atoms in total. The second-order valence-electron chi connectivity index (χ2n) is 7.02. The highest BCUT2D eigenvalue weighted by Gasteiger charge is 2.14. The van der Waals surface area contributed by atoms with Crippen LogP contribution < -0.4 is 10.1 Å². The van der Waals surface area contributed by atoms with Gasteiger partial charge in [0.25, 0.3) is 0 Å². The summed E-state index contributed by atoms with van der Waals surface area (Å²) < 4.78 is 11.3. The minimum atomic E-state index is -0.207. The minimum Gasteiger partial charge on any atom is -0.496 e. The molecule has 0 aliphatic heterocycles. The van der Waals surface area contributed by atoms with Gasteiger partial charge in [0.2, 0.25) is 5.91 Å². The van der Waals surface area contributed by atoms with E-state index in [1.807, 2.05) is 63.2 Å². The summed E-state index contributed by atoms with van der Waals surface area (Å²) in [5, 5.41) is 4.88. The number of carbonyl (C=O) groups excluding carboxylic acids is 1. The van der Waals surface area contributed by atoms with Gasteiger partial charge in [-0.3, -0.25) is 9.78 Å². The molecular formula is C24H22N2O3. The number of pyridine rings is 1. The maximum atomic E-state index is 12.7. The van der Waals surface area contributed by atoms with Gasteiger partial charge in [-0.25, -0.2) is 0 Å². The number of hydrogen-bond acceptors (Lipinski definition) is 4. The van der Waals surface area contributed by atoms with E-state index < -0.39 is 0 Å². The van der Waals surface area contributed by atoms with Gasteiger partial charge in [0.1, 0.15) is 17.1 Å². The number of methoxy groups -OCH3 is 1. The molecule has 0 saturated heterocycles. The molecule has 1 N–H and O–H groups in total. The Labute approximate surface area is 169 Å². The Morgan fingerprint density at radius 2 is 1.97 bits per heavy atom. The molecule has 2 heterocycles. The van der Waals surface area contributed by atoms with Crippen LogP contribution in [0.1, 0.15) is 23.8 Å². The number of aromatic nitrogens is 1. The summed E-state index contributed by atoms with van der Waals surface area (Å²) in [4.78, 5) is 17.0. The fourth-order valence-electron chi connectivity index (χ4n) is 3.50. The molecule has 146 valence electrons. The number of carbonyl (C=O) groups is 1. The van der Waals surface area contributed by atoms with Crippen LogP contribution in [-0.2, 0) is 4.79 Å². The molecule has 0 spiro atoms. The SMILES string of the molecule is COc1cc2oc(C)c(C)c2cc1/C(C)=C/C(=O)Nc1cccc2ncccc12. The Bertz CT molecular complexity index is 1260. The van der Waals surface area contributed by atoms with E-state index in [-0.39, 0.29) is 5.91 Å². The number of allylic oxidation sites excluding steroid dienone is 1. The van der Waals surface area contributed by atoms with Crippen molar-refractivity contribution in [2.45, 2.75) is 20.8 Å². The molecule has 2 aromatic carbocycles. The van der Waals surface area contributed by atoms with E-state index in [1.165, 1.54) is 0 Å².